The van der Waals surface area contributed by atoms with Crippen LogP contribution in [0, 0.1) is 9.39 Å². The van der Waals surface area contributed by atoms with Crippen molar-refractivity contribution < 1.29 is 9.13 Å². The molecule has 2 nitrogen and oxygen atoms in total. The van der Waals surface area contributed by atoms with Crippen molar-refractivity contribution in [3.05, 3.63) is 25.0 Å². The molecule has 1 heterocycles. The Balaban J connectivity index is 2.77. The van der Waals surface area contributed by atoms with E-state index in [-0.39, 0.29) is 11.5 Å². The molecule has 0 unspecified atom stereocenters. The van der Waals surface area contributed by atoms with Crippen LogP contribution in [0.1, 0.15) is 11.1 Å². The molecule has 1 aliphatic heterocycles. The lowest BCUT2D eigenvalue weighted by atomic mass is 10.1. The van der Waals surface area contributed by atoms with E-state index in [4.69, 9.17) is 10.5 Å². The molecule has 1 aromatic rings. The number of hydrogen-bond donors (Lipinski definition) is 1. The van der Waals surface area contributed by atoms with Gasteiger partial charge in [-0.25, -0.2) is 4.39 Å². The molecule has 0 aromatic heterocycles. The van der Waals surface area contributed by atoms with Crippen molar-refractivity contribution in [3.8, 4) is 0 Å². The van der Waals surface area contributed by atoms with Gasteiger partial charge in [-0.3, -0.25) is 0 Å². The van der Waals surface area contributed by atoms with Gasteiger partial charge in [0.05, 0.1) is 23.4 Å². The molecular weight excluding hydrogens is 352 g/mol. The van der Waals surface area contributed by atoms with E-state index in [0.29, 0.717) is 17.7 Å². The summed E-state index contributed by atoms with van der Waals surface area (Å²) >= 11 is 5.22. The number of rotatable bonds is 0. The lowest BCUT2D eigenvalue weighted by Gasteiger charge is -2.08. The van der Waals surface area contributed by atoms with Gasteiger partial charge in [-0.05, 0) is 44.1 Å². The van der Waals surface area contributed by atoms with Gasteiger partial charge in [-0.2, -0.15) is 0 Å². The van der Waals surface area contributed by atoms with Gasteiger partial charge in [0.15, 0.2) is 5.82 Å². The Bertz CT molecular complexity index is 348. The Labute approximate surface area is 96.9 Å². The predicted molar refractivity (Wildman–Crippen MR) is 59.7 cm³/mol. The van der Waals surface area contributed by atoms with Gasteiger partial charge in [0.25, 0.3) is 0 Å². The molecule has 0 bridgehead atoms. The Kier molecular flexibility index (Phi) is 2.50. The highest BCUT2D eigenvalue weighted by Crippen LogP contribution is 2.37. The van der Waals surface area contributed by atoms with Crippen molar-refractivity contribution in [1.29, 1.82) is 0 Å². The van der Waals surface area contributed by atoms with Crippen LogP contribution in [0.2, 0.25) is 0 Å². The number of ether oxygens (including phenoxy) is 1. The predicted octanol–water partition coefficient (Wildman–Crippen LogP) is 2.81. The van der Waals surface area contributed by atoms with Crippen molar-refractivity contribution in [2.45, 2.75) is 13.2 Å². The quantitative estimate of drug-likeness (QED) is 0.440. The molecule has 0 fully saturated rings. The molecule has 0 saturated carbocycles. The van der Waals surface area contributed by atoms with Crippen LogP contribution < -0.4 is 5.73 Å². The van der Waals surface area contributed by atoms with Crippen LogP contribution in [0.15, 0.2) is 4.47 Å². The number of fused-ring (bicyclic) bond motifs is 1. The number of nitrogens with two attached hydrogens (primary N) is 1. The van der Waals surface area contributed by atoms with Gasteiger partial charge in [0, 0.05) is 9.13 Å². The van der Waals surface area contributed by atoms with Crippen molar-refractivity contribution >= 4 is 44.2 Å². The van der Waals surface area contributed by atoms with Crippen molar-refractivity contribution in [2.24, 2.45) is 0 Å². The summed E-state index contributed by atoms with van der Waals surface area (Å²) in [5.74, 6) is -0.381. The van der Waals surface area contributed by atoms with Crippen molar-refractivity contribution in [1.82, 2.24) is 0 Å². The van der Waals surface area contributed by atoms with E-state index in [2.05, 4.69) is 15.9 Å². The van der Waals surface area contributed by atoms with E-state index in [1.165, 1.54) is 0 Å². The number of hydrogen-bond acceptors (Lipinski definition) is 2. The molecule has 2 N–H and O–H groups in total. The highest BCUT2D eigenvalue weighted by Gasteiger charge is 2.23. The van der Waals surface area contributed by atoms with Crippen LogP contribution in [0.5, 0.6) is 0 Å². The fraction of sp³-hybridized carbons (Fsp3) is 0.250. The SMILES string of the molecule is Nc1c(F)c(Br)c2c(c1I)COC2. The minimum atomic E-state index is -0.381. The van der Waals surface area contributed by atoms with Crippen LogP contribution in [0.25, 0.3) is 0 Å². The van der Waals surface area contributed by atoms with Crippen LogP contribution in [-0.4, -0.2) is 0 Å². The summed E-state index contributed by atoms with van der Waals surface area (Å²) in [7, 11) is 0. The second-order valence-electron chi connectivity index (χ2n) is 2.81. The van der Waals surface area contributed by atoms with Gasteiger partial charge >= 0.3 is 0 Å². The molecule has 0 spiro atoms. The number of halogens is 3. The highest BCUT2D eigenvalue weighted by molar-refractivity contribution is 14.1. The molecule has 1 aromatic carbocycles. The van der Waals surface area contributed by atoms with E-state index in [9.17, 15) is 4.39 Å². The lowest BCUT2D eigenvalue weighted by molar-refractivity contribution is 0.134. The van der Waals surface area contributed by atoms with E-state index < -0.39 is 0 Å². The Morgan fingerprint density at radius 1 is 1.38 bits per heavy atom. The van der Waals surface area contributed by atoms with Gasteiger partial charge < -0.3 is 10.5 Å². The standard InChI is InChI=1S/C8H6BrFINO/c9-5-3-1-13-2-4(3)7(11)8(12)6(5)10/h1-2,12H2. The maximum Gasteiger partial charge on any atom is 0.161 e. The Hall–Kier alpha value is 0.120. The lowest BCUT2D eigenvalue weighted by Crippen LogP contribution is -2.01. The van der Waals surface area contributed by atoms with E-state index in [1.807, 2.05) is 22.6 Å². The molecule has 0 aliphatic carbocycles. The maximum absolute atomic E-state index is 13.4. The third kappa shape index (κ3) is 1.37. The third-order valence-corrected chi connectivity index (χ3v) is 4.11. The largest absolute Gasteiger partial charge is 0.395 e. The molecule has 2 rings (SSSR count). The second-order valence-corrected chi connectivity index (χ2v) is 4.68. The van der Waals surface area contributed by atoms with E-state index in [1.54, 1.807) is 0 Å². The fourth-order valence-electron chi connectivity index (χ4n) is 1.33. The minimum Gasteiger partial charge on any atom is -0.395 e. The Morgan fingerprint density at radius 3 is 2.69 bits per heavy atom. The van der Waals surface area contributed by atoms with Gasteiger partial charge in [0.2, 0.25) is 0 Å². The summed E-state index contributed by atoms with van der Waals surface area (Å²) in [6.45, 7) is 0.986. The molecule has 70 valence electrons. The highest BCUT2D eigenvalue weighted by atomic mass is 127. The van der Waals surface area contributed by atoms with Crippen LogP contribution in [0.4, 0.5) is 10.1 Å². The average Bonchev–Trinajstić information content (AvgIpc) is 2.59. The summed E-state index contributed by atoms with van der Waals surface area (Å²) in [6, 6.07) is 0. The van der Waals surface area contributed by atoms with Crippen molar-refractivity contribution in [3.63, 3.8) is 0 Å². The van der Waals surface area contributed by atoms with Crippen LogP contribution >= 0.6 is 38.5 Å². The average molecular weight is 358 g/mol. The Morgan fingerprint density at radius 2 is 2.00 bits per heavy atom. The number of anilines is 1. The molecule has 1 aliphatic rings. The summed E-state index contributed by atoms with van der Waals surface area (Å²) in [5.41, 5.74) is 7.68. The van der Waals surface area contributed by atoms with E-state index in [0.717, 1.165) is 14.7 Å². The fourth-order valence-corrected chi connectivity index (χ4v) is 2.62. The smallest absolute Gasteiger partial charge is 0.161 e. The summed E-state index contributed by atoms with van der Waals surface area (Å²) in [6.07, 6.45) is 0. The molecule has 0 amide bonds. The third-order valence-electron chi connectivity index (χ3n) is 2.05. The molecule has 0 atom stereocenters. The first-order chi connectivity index (χ1) is 6.13. The summed E-state index contributed by atoms with van der Waals surface area (Å²) in [4.78, 5) is 0. The molecule has 5 heteroatoms. The number of nitrogen functional groups attached to an aromatic ring is 1. The van der Waals surface area contributed by atoms with Gasteiger partial charge in [0.1, 0.15) is 0 Å². The van der Waals surface area contributed by atoms with Gasteiger partial charge in [-0.1, -0.05) is 0 Å². The minimum absolute atomic E-state index is 0.205. The van der Waals surface area contributed by atoms with Crippen molar-refractivity contribution in [2.75, 3.05) is 5.73 Å². The first-order valence-corrected chi connectivity index (χ1v) is 5.51. The zero-order valence-corrected chi connectivity index (χ0v) is 10.3. The zero-order chi connectivity index (χ0) is 9.59. The van der Waals surface area contributed by atoms with Crippen LogP contribution in [0.3, 0.4) is 0 Å². The first-order valence-electron chi connectivity index (χ1n) is 3.64. The molecular formula is C8H6BrFINO. The van der Waals surface area contributed by atoms with Gasteiger partial charge in [-0.15, -0.1) is 0 Å². The van der Waals surface area contributed by atoms with E-state index >= 15 is 0 Å². The maximum atomic E-state index is 13.4. The zero-order valence-electron chi connectivity index (χ0n) is 6.53. The molecule has 0 saturated heterocycles. The van der Waals surface area contributed by atoms with Crippen LogP contribution in [-0.2, 0) is 18.0 Å². The normalized spacial score (nSPS) is 14.7. The topological polar surface area (TPSA) is 35.2 Å². The second kappa shape index (κ2) is 3.36. The first kappa shape index (κ1) is 9.67. The summed E-state index contributed by atoms with van der Waals surface area (Å²) in [5, 5.41) is 0. The molecule has 13 heavy (non-hydrogen) atoms. The number of benzene rings is 1. The molecule has 0 radical (unpaired) electrons. The monoisotopic (exact) mass is 357 g/mol. The summed E-state index contributed by atoms with van der Waals surface area (Å²) < 4.78 is 19.9.